The van der Waals surface area contributed by atoms with Gasteiger partial charge in [0.15, 0.2) is 0 Å². The smallest absolute Gasteiger partial charge is 0.255 e. The quantitative estimate of drug-likeness (QED) is 0.827. The third kappa shape index (κ3) is 4.32. The number of carbonyl (C=O) groups excluding carboxylic acids is 1. The second kappa shape index (κ2) is 7.26. The molecule has 0 saturated carbocycles. The van der Waals surface area contributed by atoms with E-state index in [1.54, 1.807) is 27.0 Å². The number of hydrogen-bond donors (Lipinski definition) is 2. The molecule has 0 aliphatic heterocycles. The summed E-state index contributed by atoms with van der Waals surface area (Å²) in [5.41, 5.74) is 1.53. The van der Waals surface area contributed by atoms with Gasteiger partial charge in [-0.1, -0.05) is 17.9 Å². The summed E-state index contributed by atoms with van der Waals surface area (Å²) in [7, 11) is 1.67. The molecular formula is C17H23NO3. The second-order valence-corrected chi connectivity index (χ2v) is 5.66. The van der Waals surface area contributed by atoms with Gasteiger partial charge in [0.05, 0.1) is 24.3 Å². The molecule has 1 rings (SSSR count). The Morgan fingerprint density at radius 3 is 2.57 bits per heavy atom. The topological polar surface area (TPSA) is 60.8 Å². The Balaban J connectivity index is 3.18. The molecule has 4 heteroatoms. The first-order valence-electron chi connectivity index (χ1n) is 6.93. The maximum absolute atomic E-state index is 12.6. The monoisotopic (exact) mass is 289 g/mol. The molecule has 0 saturated heterocycles. The molecular weight excluding hydrogens is 266 g/mol. The van der Waals surface area contributed by atoms with E-state index in [9.17, 15) is 9.90 Å². The van der Waals surface area contributed by atoms with Gasteiger partial charge in [0, 0.05) is 19.0 Å². The Labute approximate surface area is 126 Å². The molecule has 4 nitrogen and oxygen atoms in total. The van der Waals surface area contributed by atoms with E-state index in [2.05, 4.69) is 11.8 Å². The number of carbonyl (C=O) groups is 1. The lowest BCUT2D eigenvalue weighted by Crippen LogP contribution is -2.47. The molecule has 1 aromatic rings. The molecule has 1 amide bonds. The van der Waals surface area contributed by atoms with Crippen molar-refractivity contribution in [1.82, 2.24) is 4.90 Å². The molecule has 0 atom stereocenters. The van der Waals surface area contributed by atoms with Gasteiger partial charge in [-0.2, -0.15) is 0 Å². The van der Waals surface area contributed by atoms with Crippen molar-refractivity contribution in [1.29, 1.82) is 0 Å². The fourth-order valence-corrected chi connectivity index (χ4v) is 1.72. The van der Waals surface area contributed by atoms with Gasteiger partial charge < -0.3 is 15.1 Å². The Morgan fingerprint density at radius 1 is 1.33 bits per heavy atom. The Bertz CT molecular complexity index is 567. The van der Waals surface area contributed by atoms with Crippen molar-refractivity contribution in [2.24, 2.45) is 0 Å². The van der Waals surface area contributed by atoms with Gasteiger partial charge in [0.25, 0.3) is 5.91 Å². The van der Waals surface area contributed by atoms with Gasteiger partial charge in [-0.25, -0.2) is 0 Å². The summed E-state index contributed by atoms with van der Waals surface area (Å²) in [6.45, 7) is 5.42. The van der Waals surface area contributed by atoms with Gasteiger partial charge in [-0.3, -0.25) is 4.79 Å². The fraction of sp³-hybridized carbons (Fsp3) is 0.471. The SMILES string of the molecule is Cc1ccc(C(=O)N(C)C(C)(C)CO)c(C#CCCO)c1. The minimum absolute atomic E-state index is 0.000455. The van der Waals surface area contributed by atoms with Crippen LogP contribution in [0.2, 0.25) is 0 Å². The molecule has 0 fully saturated rings. The molecule has 0 spiro atoms. The minimum atomic E-state index is -0.641. The van der Waals surface area contributed by atoms with Gasteiger partial charge in [0.1, 0.15) is 0 Å². The van der Waals surface area contributed by atoms with Crippen LogP contribution in [0, 0.1) is 18.8 Å². The lowest BCUT2D eigenvalue weighted by atomic mass is 9.99. The molecule has 1 aromatic carbocycles. The predicted octanol–water partition coefficient (Wildman–Crippen LogP) is 1.57. The summed E-state index contributed by atoms with van der Waals surface area (Å²) in [6.07, 6.45) is 0.375. The maximum atomic E-state index is 12.6. The van der Waals surface area contributed by atoms with Gasteiger partial charge >= 0.3 is 0 Å². The molecule has 0 bridgehead atoms. The highest BCUT2D eigenvalue weighted by Gasteiger charge is 2.28. The number of amides is 1. The maximum Gasteiger partial charge on any atom is 0.255 e. The predicted molar refractivity (Wildman–Crippen MR) is 83.0 cm³/mol. The van der Waals surface area contributed by atoms with Crippen molar-refractivity contribution < 1.29 is 15.0 Å². The van der Waals surface area contributed by atoms with E-state index >= 15 is 0 Å². The van der Waals surface area contributed by atoms with Crippen LogP contribution in [0.5, 0.6) is 0 Å². The largest absolute Gasteiger partial charge is 0.395 e. The first-order valence-corrected chi connectivity index (χ1v) is 6.93. The van der Waals surface area contributed by atoms with Crippen molar-refractivity contribution in [2.75, 3.05) is 20.3 Å². The third-order valence-electron chi connectivity index (χ3n) is 3.46. The van der Waals surface area contributed by atoms with E-state index in [0.29, 0.717) is 17.5 Å². The highest BCUT2D eigenvalue weighted by molar-refractivity contribution is 5.97. The minimum Gasteiger partial charge on any atom is -0.395 e. The Hall–Kier alpha value is -1.83. The van der Waals surface area contributed by atoms with Crippen LogP contribution in [0.4, 0.5) is 0 Å². The molecule has 0 aromatic heterocycles. The molecule has 0 heterocycles. The standard InChI is InChI=1S/C17H23NO3/c1-13-8-9-15(14(11-13)7-5-6-10-19)16(21)18(4)17(2,3)12-20/h8-9,11,19-20H,6,10,12H2,1-4H3. The highest BCUT2D eigenvalue weighted by atomic mass is 16.3. The molecule has 114 valence electrons. The first kappa shape index (κ1) is 17.2. The van der Waals surface area contributed by atoms with Crippen molar-refractivity contribution in [2.45, 2.75) is 32.7 Å². The number of hydrogen-bond acceptors (Lipinski definition) is 3. The molecule has 2 N–H and O–H groups in total. The number of rotatable bonds is 4. The lowest BCUT2D eigenvalue weighted by Gasteiger charge is -2.34. The van der Waals surface area contributed by atoms with Crippen LogP contribution in [0.25, 0.3) is 0 Å². The second-order valence-electron chi connectivity index (χ2n) is 5.66. The average molecular weight is 289 g/mol. The third-order valence-corrected chi connectivity index (χ3v) is 3.46. The van der Waals surface area contributed by atoms with Gasteiger partial charge in [-0.05, 0) is 38.5 Å². The first-order chi connectivity index (χ1) is 9.83. The van der Waals surface area contributed by atoms with Crippen molar-refractivity contribution >= 4 is 5.91 Å². The van der Waals surface area contributed by atoms with Crippen LogP contribution in [0.3, 0.4) is 0 Å². The Kier molecular flexibility index (Phi) is 5.95. The fourth-order valence-electron chi connectivity index (χ4n) is 1.72. The van der Waals surface area contributed by atoms with E-state index in [-0.39, 0.29) is 19.1 Å². The zero-order chi connectivity index (χ0) is 16.0. The van der Waals surface area contributed by atoms with Crippen LogP contribution in [-0.2, 0) is 0 Å². The van der Waals surface area contributed by atoms with Crippen LogP contribution in [-0.4, -0.2) is 46.8 Å². The summed E-state index contributed by atoms with van der Waals surface area (Å²) in [4.78, 5) is 14.1. The number of aliphatic hydroxyl groups excluding tert-OH is 2. The van der Waals surface area contributed by atoms with Crippen molar-refractivity contribution in [3.8, 4) is 11.8 Å². The van der Waals surface area contributed by atoms with Crippen molar-refractivity contribution in [3.05, 3.63) is 34.9 Å². The van der Waals surface area contributed by atoms with E-state index in [1.807, 2.05) is 19.1 Å². The average Bonchev–Trinajstić information content (AvgIpc) is 2.46. The van der Waals surface area contributed by atoms with Crippen molar-refractivity contribution in [3.63, 3.8) is 0 Å². The summed E-state index contributed by atoms with van der Waals surface area (Å²) >= 11 is 0. The zero-order valence-electron chi connectivity index (χ0n) is 13.1. The normalized spacial score (nSPS) is 10.8. The van der Waals surface area contributed by atoms with Gasteiger partial charge in [-0.15, -0.1) is 0 Å². The summed E-state index contributed by atoms with van der Waals surface area (Å²) < 4.78 is 0. The highest BCUT2D eigenvalue weighted by Crippen LogP contribution is 2.18. The van der Waals surface area contributed by atoms with Crippen LogP contribution >= 0.6 is 0 Å². The summed E-state index contributed by atoms with van der Waals surface area (Å²) in [6, 6.07) is 5.48. The number of nitrogens with zero attached hydrogens (tertiary/aromatic N) is 1. The molecule has 0 aliphatic rings. The zero-order valence-corrected chi connectivity index (χ0v) is 13.1. The molecule has 0 unspecified atom stereocenters. The number of aliphatic hydroxyl groups is 2. The summed E-state index contributed by atoms with van der Waals surface area (Å²) in [5.74, 6) is 5.61. The molecule has 21 heavy (non-hydrogen) atoms. The van der Waals surface area contributed by atoms with E-state index in [1.165, 1.54) is 4.90 Å². The van der Waals surface area contributed by atoms with E-state index < -0.39 is 5.54 Å². The van der Waals surface area contributed by atoms with Crippen LogP contribution in [0.1, 0.15) is 41.8 Å². The van der Waals surface area contributed by atoms with Crippen LogP contribution in [0.15, 0.2) is 18.2 Å². The van der Waals surface area contributed by atoms with Gasteiger partial charge in [0.2, 0.25) is 0 Å². The molecule has 0 radical (unpaired) electrons. The number of benzene rings is 1. The molecule has 0 aliphatic carbocycles. The lowest BCUT2D eigenvalue weighted by molar-refractivity contribution is 0.0473. The van der Waals surface area contributed by atoms with E-state index in [0.717, 1.165) is 5.56 Å². The summed E-state index contributed by atoms with van der Waals surface area (Å²) in [5, 5.41) is 18.2. The number of aryl methyl sites for hydroxylation is 1. The number of likely N-dealkylation sites (N-methyl/N-ethyl adjacent to an activating group) is 1. The van der Waals surface area contributed by atoms with Crippen LogP contribution < -0.4 is 0 Å². The Morgan fingerprint density at radius 2 is 2.00 bits per heavy atom. The van der Waals surface area contributed by atoms with E-state index in [4.69, 9.17) is 5.11 Å².